The second kappa shape index (κ2) is 7.98. The average molecular weight is 513 g/mol. The van der Waals surface area contributed by atoms with Gasteiger partial charge in [-0.15, -0.1) is 0 Å². The van der Waals surface area contributed by atoms with Crippen LogP contribution < -0.4 is 0 Å². The molecule has 5 aromatic carbocycles. The summed E-state index contributed by atoms with van der Waals surface area (Å²) in [6.45, 7) is 0. The first kappa shape index (κ1) is 21.4. The number of nitrogens with zero attached hydrogens (tertiary/aromatic N) is 4. The minimum atomic E-state index is 0.604. The van der Waals surface area contributed by atoms with Crippen molar-refractivity contribution in [2.45, 2.75) is 0 Å². The highest BCUT2D eigenvalue weighted by molar-refractivity contribution is 6.14. The molecule has 0 spiro atoms. The van der Waals surface area contributed by atoms with Gasteiger partial charge in [0.1, 0.15) is 16.7 Å². The molecule has 0 radical (unpaired) electrons. The second-order valence-corrected chi connectivity index (χ2v) is 10.1. The lowest BCUT2D eigenvalue weighted by Crippen LogP contribution is -2.04. The van der Waals surface area contributed by atoms with E-state index in [0.717, 1.165) is 55.4 Å². The molecule has 9 rings (SSSR count). The number of rotatable bonds is 2. The van der Waals surface area contributed by atoms with Crippen LogP contribution in [0, 0.1) is 0 Å². The molecule has 5 nitrogen and oxygen atoms in total. The highest BCUT2D eigenvalue weighted by Gasteiger charge is 2.20. The zero-order valence-corrected chi connectivity index (χ0v) is 21.2. The number of hydrogen-bond acceptors (Lipinski definition) is 4. The van der Waals surface area contributed by atoms with Gasteiger partial charge in [0, 0.05) is 27.7 Å². The van der Waals surface area contributed by atoms with Gasteiger partial charge in [-0.05, 0) is 53.2 Å². The van der Waals surface area contributed by atoms with E-state index in [0.29, 0.717) is 5.82 Å². The van der Waals surface area contributed by atoms with Crippen LogP contribution in [0.15, 0.2) is 126 Å². The topological polar surface area (TPSA) is 56.7 Å². The van der Waals surface area contributed by atoms with Gasteiger partial charge < -0.3 is 4.42 Å². The van der Waals surface area contributed by atoms with Gasteiger partial charge in [-0.25, -0.2) is 9.97 Å². The third kappa shape index (κ3) is 2.94. The highest BCUT2D eigenvalue weighted by atomic mass is 16.3. The van der Waals surface area contributed by atoms with Gasteiger partial charge in [0.2, 0.25) is 0 Å². The van der Waals surface area contributed by atoms with Crippen LogP contribution in [-0.4, -0.2) is 19.5 Å². The Hall–Kier alpha value is -5.55. The van der Waals surface area contributed by atoms with E-state index in [4.69, 9.17) is 19.4 Å². The maximum Gasteiger partial charge on any atom is 0.168 e. The van der Waals surface area contributed by atoms with Crippen LogP contribution in [0.3, 0.4) is 0 Å². The summed E-state index contributed by atoms with van der Waals surface area (Å²) in [6, 6.07) is 39.7. The van der Waals surface area contributed by atoms with E-state index in [9.17, 15) is 0 Å². The smallest absolute Gasteiger partial charge is 0.168 e. The Balaban J connectivity index is 1.42. The standard InChI is InChI=1S/C35H20N4O/c1-2-10-22-20-30-27(19-21(22)9-1)23-11-3-5-16-29(23)39(30)35-32-28(15-8-18-36-32)37-34(38-35)26-14-7-13-25-24-12-4-6-17-31(24)40-33(25)26/h1-20H. The number of fused-ring (bicyclic) bond motifs is 8. The monoisotopic (exact) mass is 512 g/mol. The third-order valence-corrected chi connectivity index (χ3v) is 7.83. The van der Waals surface area contributed by atoms with Crippen LogP contribution in [0.1, 0.15) is 0 Å². The zero-order valence-electron chi connectivity index (χ0n) is 21.2. The van der Waals surface area contributed by atoms with Crippen molar-refractivity contribution in [3.05, 3.63) is 121 Å². The lowest BCUT2D eigenvalue weighted by molar-refractivity contribution is 0.669. The maximum absolute atomic E-state index is 6.37. The van der Waals surface area contributed by atoms with E-state index >= 15 is 0 Å². The normalized spacial score (nSPS) is 12.0. The molecule has 0 amide bonds. The highest BCUT2D eigenvalue weighted by Crippen LogP contribution is 2.38. The van der Waals surface area contributed by atoms with Gasteiger partial charge in [-0.1, -0.05) is 72.8 Å². The van der Waals surface area contributed by atoms with Crippen LogP contribution in [0.2, 0.25) is 0 Å². The summed E-state index contributed by atoms with van der Waals surface area (Å²) in [6.07, 6.45) is 1.80. The number of pyridine rings is 1. The van der Waals surface area contributed by atoms with Gasteiger partial charge in [0.25, 0.3) is 0 Å². The Kier molecular flexibility index (Phi) is 4.27. The SMILES string of the molecule is c1ccc2cc3c(cc2c1)c1ccccc1n3-c1nc(-c2cccc3c2oc2ccccc23)nc2cccnc12. The first-order valence-electron chi connectivity index (χ1n) is 13.3. The molecule has 0 aliphatic rings. The van der Waals surface area contributed by atoms with Crippen molar-refractivity contribution in [2.75, 3.05) is 0 Å². The van der Waals surface area contributed by atoms with Gasteiger partial charge in [0.05, 0.1) is 22.1 Å². The molecule has 0 saturated heterocycles. The fourth-order valence-corrected chi connectivity index (χ4v) is 6.03. The van der Waals surface area contributed by atoms with Crippen molar-refractivity contribution < 1.29 is 4.42 Å². The molecule has 0 bridgehead atoms. The molecule has 0 aliphatic carbocycles. The van der Waals surface area contributed by atoms with E-state index in [2.05, 4.69) is 77.4 Å². The van der Waals surface area contributed by atoms with Crippen molar-refractivity contribution in [3.63, 3.8) is 0 Å². The lowest BCUT2D eigenvalue weighted by Gasteiger charge is -2.12. The molecule has 0 unspecified atom stereocenters. The number of furan rings is 1. The largest absolute Gasteiger partial charge is 0.455 e. The molecular formula is C35H20N4O. The average Bonchev–Trinajstić information content (AvgIpc) is 3.55. The first-order valence-corrected chi connectivity index (χ1v) is 13.3. The van der Waals surface area contributed by atoms with Crippen molar-refractivity contribution in [3.8, 4) is 17.2 Å². The lowest BCUT2D eigenvalue weighted by atomic mass is 10.1. The molecule has 9 aromatic rings. The molecule has 0 fully saturated rings. The van der Waals surface area contributed by atoms with E-state index in [1.165, 1.54) is 21.5 Å². The number of aromatic nitrogens is 4. The maximum atomic E-state index is 6.37. The summed E-state index contributed by atoms with van der Waals surface area (Å²) in [5.74, 6) is 1.35. The molecule has 0 saturated carbocycles. The summed E-state index contributed by atoms with van der Waals surface area (Å²) < 4.78 is 8.60. The Bertz CT molecular complexity index is 2450. The first-order chi connectivity index (χ1) is 19.8. The third-order valence-electron chi connectivity index (χ3n) is 7.83. The van der Waals surface area contributed by atoms with Crippen molar-refractivity contribution in [1.82, 2.24) is 19.5 Å². The van der Waals surface area contributed by atoms with Crippen LogP contribution in [-0.2, 0) is 0 Å². The molecule has 5 heteroatoms. The molecule has 4 aromatic heterocycles. The predicted octanol–water partition coefficient (Wildman–Crippen LogP) is 8.84. The predicted molar refractivity (Wildman–Crippen MR) is 162 cm³/mol. The Morgan fingerprint density at radius 1 is 0.575 bits per heavy atom. The van der Waals surface area contributed by atoms with E-state index < -0.39 is 0 Å². The van der Waals surface area contributed by atoms with E-state index in [1.807, 2.05) is 42.5 Å². The number of benzene rings is 5. The Labute approximate surface area is 228 Å². The van der Waals surface area contributed by atoms with E-state index in [-0.39, 0.29) is 0 Å². The summed E-state index contributed by atoms with van der Waals surface area (Å²) >= 11 is 0. The second-order valence-electron chi connectivity index (χ2n) is 10.1. The molecule has 0 aliphatic heterocycles. The van der Waals surface area contributed by atoms with Gasteiger partial charge >= 0.3 is 0 Å². The minimum Gasteiger partial charge on any atom is -0.455 e. The van der Waals surface area contributed by atoms with Crippen molar-refractivity contribution in [2.24, 2.45) is 0 Å². The molecule has 186 valence electrons. The Morgan fingerprint density at radius 2 is 1.35 bits per heavy atom. The molecule has 4 heterocycles. The van der Waals surface area contributed by atoms with Crippen LogP contribution in [0.25, 0.3) is 82.8 Å². The molecule has 0 N–H and O–H groups in total. The summed E-state index contributed by atoms with van der Waals surface area (Å²) in [5, 5.41) is 6.87. The quantitative estimate of drug-likeness (QED) is 0.232. The molecular weight excluding hydrogens is 492 g/mol. The summed E-state index contributed by atoms with van der Waals surface area (Å²) in [7, 11) is 0. The van der Waals surface area contributed by atoms with Crippen LogP contribution in [0.4, 0.5) is 0 Å². The minimum absolute atomic E-state index is 0.604. The van der Waals surface area contributed by atoms with E-state index in [1.54, 1.807) is 6.20 Å². The number of para-hydroxylation sites is 3. The fraction of sp³-hybridized carbons (Fsp3) is 0. The summed E-state index contributed by atoms with van der Waals surface area (Å²) in [5.41, 5.74) is 6.17. The molecule has 0 atom stereocenters. The van der Waals surface area contributed by atoms with Crippen LogP contribution >= 0.6 is 0 Å². The van der Waals surface area contributed by atoms with Gasteiger partial charge in [-0.3, -0.25) is 9.55 Å². The number of hydrogen-bond donors (Lipinski definition) is 0. The van der Waals surface area contributed by atoms with Gasteiger partial charge in [0.15, 0.2) is 11.6 Å². The van der Waals surface area contributed by atoms with Crippen LogP contribution in [0.5, 0.6) is 0 Å². The Morgan fingerprint density at radius 3 is 2.27 bits per heavy atom. The fourth-order valence-electron chi connectivity index (χ4n) is 6.03. The van der Waals surface area contributed by atoms with Gasteiger partial charge in [-0.2, -0.15) is 0 Å². The van der Waals surface area contributed by atoms with Crippen molar-refractivity contribution in [1.29, 1.82) is 0 Å². The van der Waals surface area contributed by atoms with Crippen molar-refractivity contribution >= 4 is 65.6 Å². The summed E-state index contributed by atoms with van der Waals surface area (Å²) in [4.78, 5) is 15.0. The molecule has 40 heavy (non-hydrogen) atoms. The zero-order chi connectivity index (χ0) is 26.2.